The van der Waals surface area contributed by atoms with Crippen molar-refractivity contribution in [3.05, 3.63) is 65.4 Å². The Bertz CT molecular complexity index is 927. The third kappa shape index (κ3) is 3.90. The predicted molar refractivity (Wildman–Crippen MR) is 83.9 cm³/mol. The molecule has 0 atom stereocenters. The second kappa shape index (κ2) is 6.62. The minimum atomic E-state index is -4.63. The normalized spacial score (nSPS) is 11.6. The van der Waals surface area contributed by atoms with Crippen molar-refractivity contribution in [3.63, 3.8) is 0 Å². The fourth-order valence-corrected chi connectivity index (χ4v) is 2.29. The highest BCUT2D eigenvalue weighted by Gasteiger charge is 2.35. The van der Waals surface area contributed by atoms with E-state index >= 15 is 0 Å². The van der Waals surface area contributed by atoms with Gasteiger partial charge in [-0.1, -0.05) is 12.1 Å². The number of benzene rings is 1. The summed E-state index contributed by atoms with van der Waals surface area (Å²) in [6.45, 7) is 0.347. The molecule has 6 nitrogen and oxygen atoms in total. The van der Waals surface area contributed by atoms with Crippen molar-refractivity contribution in [2.75, 3.05) is 5.32 Å². The van der Waals surface area contributed by atoms with Crippen molar-refractivity contribution < 1.29 is 22.4 Å². The first-order valence-corrected chi connectivity index (χ1v) is 7.43. The Kier molecular flexibility index (Phi) is 4.49. The molecule has 0 spiro atoms. The van der Waals surface area contributed by atoms with Crippen LogP contribution in [0.5, 0.6) is 0 Å². The van der Waals surface area contributed by atoms with Crippen LogP contribution in [0.15, 0.2) is 42.6 Å². The van der Waals surface area contributed by atoms with Crippen LogP contribution in [0, 0.1) is 5.82 Å². The van der Waals surface area contributed by atoms with E-state index in [9.17, 15) is 22.4 Å². The van der Waals surface area contributed by atoms with Gasteiger partial charge in [-0.2, -0.15) is 23.4 Å². The van der Waals surface area contributed by atoms with E-state index in [4.69, 9.17) is 0 Å². The van der Waals surface area contributed by atoms with Crippen LogP contribution < -0.4 is 5.32 Å². The molecule has 0 radical (unpaired) electrons. The van der Waals surface area contributed by atoms with E-state index in [1.807, 2.05) is 0 Å². The summed E-state index contributed by atoms with van der Waals surface area (Å²) in [5.41, 5.74) is -0.591. The van der Waals surface area contributed by atoms with E-state index in [1.54, 1.807) is 18.3 Å². The molecule has 3 rings (SSSR count). The van der Waals surface area contributed by atoms with E-state index in [0.29, 0.717) is 12.6 Å². The van der Waals surface area contributed by atoms with Crippen molar-refractivity contribution in [2.45, 2.75) is 12.7 Å². The van der Waals surface area contributed by atoms with Gasteiger partial charge in [0, 0.05) is 25.4 Å². The van der Waals surface area contributed by atoms with Crippen LogP contribution in [-0.2, 0) is 19.8 Å². The van der Waals surface area contributed by atoms with Gasteiger partial charge in [-0.3, -0.25) is 14.2 Å². The van der Waals surface area contributed by atoms with Gasteiger partial charge in [0.05, 0.1) is 6.54 Å². The van der Waals surface area contributed by atoms with Gasteiger partial charge in [-0.15, -0.1) is 0 Å². The second-order valence-electron chi connectivity index (χ2n) is 5.52. The lowest BCUT2D eigenvalue weighted by Gasteiger charge is -2.03. The molecular formula is C16H13F4N5O. The molecular weight excluding hydrogens is 354 g/mol. The Labute approximate surface area is 145 Å². The molecule has 0 aliphatic rings. The first-order chi connectivity index (χ1) is 12.2. The monoisotopic (exact) mass is 367 g/mol. The molecule has 0 saturated heterocycles. The van der Waals surface area contributed by atoms with Gasteiger partial charge < -0.3 is 5.32 Å². The predicted octanol–water partition coefficient (Wildman–Crippen LogP) is 3.08. The number of aromatic nitrogens is 4. The maximum absolute atomic E-state index is 12.9. The summed E-state index contributed by atoms with van der Waals surface area (Å²) in [7, 11) is 1.25. The molecule has 10 heteroatoms. The zero-order chi connectivity index (χ0) is 18.9. The summed E-state index contributed by atoms with van der Waals surface area (Å²) >= 11 is 0. The summed E-state index contributed by atoms with van der Waals surface area (Å²) in [6, 6.07) is 8.02. The van der Waals surface area contributed by atoms with E-state index in [1.165, 1.54) is 29.9 Å². The van der Waals surface area contributed by atoms with E-state index in [-0.39, 0.29) is 17.3 Å². The number of carbonyl (C=O) groups excluding carboxylic acids is 1. The topological polar surface area (TPSA) is 64.7 Å². The van der Waals surface area contributed by atoms with E-state index in [2.05, 4.69) is 15.5 Å². The molecule has 1 aromatic carbocycles. The molecule has 0 fully saturated rings. The van der Waals surface area contributed by atoms with Crippen LogP contribution in [0.4, 0.5) is 23.4 Å². The van der Waals surface area contributed by atoms with Gasteiger partial charge in [0.1, 0.15) is 11.5 Å². The number of anilines is 1. The lowest BCUT2D eigenvalue weighted by Crippen LogP contribution is -2.16. The number of rotatable bonds is 4. The van der Waals surface area contributed by atoms with Crippen LogP contribution in [-0.4, -0.2) is 25.5 Å². The van der Waals surface area contributed by atoms with Gasteiger partial charge >= 0.3 is 6.18 Å². The Balaban J connectivity index is 1.70. The van der Waals surface area contributed by atoms with Crippen molar-refractivity contribution >= 4 is 11.7 Å². The number of halogens is 4. The van der Waals surface area contributed by atoms with Crippen molar-refractivity contribution in [2.24, 2.45) is 7.05 Å². The summed E-state index contributed by atoms with van der Waals surface area (Å²) in [6.07, 6.45) is -3.05. The minimum Gasteiger partial charge on any atom is -0.304 e. The van der Waals surface area contributed by atoms with Gasteiger partial charge in [-0.05, 0) is 17.7 Å². The lowest BCUT2D eigenvalue weighted by molar-refractivity contribution is -0.141. The number of nitrogens with one attached hydrogen (secondary N) is 1. The molecule has 2 aromatic heterocycles. The molecule has 2 heterocycles. The number of amides is 1. The molecule has 1 amide bonds. The molecule has 0 aliphatic carbocycles. The van der Waals surface area contributed by atoms with E-state index in [0.717, 1.165) is 10.2 Å². The second-order valence-corrected chi connectivity index (χ2v) is 5.52. The van der Waals surface area contributed by atoms with Crippen molar-refractivity contribution in [1.29, 1.82) is 0 Å². The first-order valence-electron chi connectivity index (χ1n) is 7.43. The Morgan fingerprint density at radius 3 is 2.46 bits per heavy atom. The maximum atomic E-state index is 12.9. The summed E-state index contributed by atoms with van der Waals surface area (Å²) in [5.74, 6) is -0.939. The fraction of sp³-hybridized carbons (Fsp3) is 0.188. The number of aryl methyl sites for hydroxylation is 1. The largest absolute Gasteiger partial charge is 0.435 e. The standard InChI is InChI=1S/C16H13F4N5O/c1-24-12(8-13(22-24)16(18,19)20)15(26)21-14-6-7-25(23-14)9-10-2-4-11(17)5-3-10/h2-8H,9H2,1H3,(H,21,23,26). The average molecular weight is 367 g/mol. The quantitative estimate of drug-likeness (QED) is 0.721. The van der Waals surface area contributed by atoms with Gasteiger partial charge in [0.25, 0.3) is 5.91 Å². The van der Waals surface area contributed by atoms with Gasteiger partial charge in [0.15, 0.2) is 11.5 Å². The fourth-order valence-electron chi connectivity index (χ4n) is 2.29. The van der Waals surface area contributed by atoms with Crippen molar-refractivity contribution in [3.8, 4) is 0 Å². The Hall–Kier alpha value is -3.17. The first kappa shape index (κ1) is 17.6. The molecule has 0 bridgehead atoms. The number of alkyl halides is 3. The Morgan fingerprint density at radius 2 is 1.85 bits per heavy atom. The number of hydrogen-bond donors (Lipinski definition) is 1. The maximum Gasteiger partial charge on any atom is 0.435 e. The Morgan fingerprint density at radius 1 is 1.15 bits per heavy atom. The molecule has 1 N–H and O–H groups in total. The van der Waals surface area contributed by atoms with Crippen LogP contribution in [0.3, 0.4) is 0 Å². The molecule has 3 aromatic rings. The summed E-state index contributed by atoms with van der Waals surface area (Å²) < 4.78 is 53.2. The zero-order valence-electron chi connectivity index (χ0n) is 13.5. The van der Waals surface area contributed by atoms with Crippen LogP contribution >= 0.6 is 0 Å². The highest BCUT2D eigenvalue weighted by molar-refractivity contribution is 6.02. The number of hydrogen-bond acceptors (Lipinski definition) is 3. The molecule has 0 saturated carbocycles. The van der Waals surface area contributed by atoms with Crippen molar-refractivity contribution in [1.82, 2.24) is 19.6 Å². The number of carbonyl (C=O) groups is 1. The minimum absolute atomic E-state index is 0.173. The molecule has 0 unspecified atom stereocenters. The average Bonchev–Trinajstić information content (AvgIpc) is 3.16. The van der Waals surface area contributed by atoms with Crippen LogP contribution in [0.2, 0.25) is 0 Å². The summed E-state index contributed by atoms with van der Waals surface area (Å²) in [4.78, 5) is 12.2. The smallest absolute Gasteiger partial charge is 0.304 e. The third-order valence-electron chi connectivity index (χ3n) is 3.54. The number of nitrogens with zero attached hydrogens (tertiary/aromatic N) is 4. The summed E-state index contributed by atoms with van der Waals surface area (Å²) in [5, 5.41) is 9.83. The van der Waals surface area contributed by atoms with Crippen LogP contribution in [0.1, 0.15) is 21.7 Å². The van der Waals surface area contributed by atoms with Gasteiger partial charge in [-0.25, -0.2) is 4.39 Å². The van der Waals surface area contributed by atoms with Gasteiger partial charge in [0.2, 0.25) is 0 Å². The SMILES string of the molecule is Cn1nc(C(F)(F)F)cc1C(=O)Nc1ccn(Cc2ccc(F)cc2)n1. The van der Waals surface area contributed by atoms with Crippen LogP contribution in [0.25, 0.3) is 0 Å². The zero-order valence-corrected chi connectivity index (χ0v) is 13.5. The molecule has 26 heavy (non-hydrogen) atoms. The molecule has 0 aliphatic heterocycles. The highest BCUT2D eigenvalue weighted by atomic mass is 19.4. The molecule has 136 valence electrons. The van der Waals surface area contributed by atoms with E-state index < -0.39 is 17.8 Å². The lowest BCUT2D eigenvalue weighted by atomic mass is 10.2. The third-order valence-corrected chi connectivity index (χ3v) is 3.54. The highest BCUT2D eigenvalue weighted by Crippen LogP contribution is 2.28.